The Balaban J connectivity index is 1.57. The smallest absolute Gasteiger partial charge is 0.277 e. The Bertz CT molecular complexity index is 1460. The van der Waals surface area contributed by atoms with Crippen molar-refractivity contribution in [2.24, 2.45) is 0 Å². The fourth-order valence-corrected chi connectivity index (χ4v) is 5.69. The summed E-state index contributed by atoms with van der Waals surface area (Å²) in [4.78, 5) is 51.2. The van der Waals surface area contributed by atoms with E-state index in [2.05, 4.69) is 0 Å². The number of anilines is 2. The molecule has 0 saturated carbocycles. The monoisotopic (exact) mass is 463 g/mol. The number of sulfone groups is 1. The molecule has 0 saturated heterocycles. The summed E-state index contributed by atoms with van der Waals surface area (Å²) in [5.41, 5.74) is -0.889. The van der Waals surface area contributed by atoms with Crippen LogP contribution in [0.1, 0.15) is 20.7 Å². The second-order valence-electron chi connectivity index (χ2n) is 7.32. The molecular formula is C22H13N3O7S. The number of carbonyl (C=O) groups is 3. The molecule has 10 nitrogen and oxygen atoms in total. The quantitative estimate of drug-likeness (QED) is 0.331. The minimum Gasteiger partial charge on any atom is -0.277 e. The fraction of sp³-hybridized carbons (Fsp3) is 0.0455. The van der Waals surface area contributed by atoms with Crippen molar-refractivity contribution in [1.29, 1.82) is 0 Å². The highest BCUT2D eigenvalue weighted by Crippen LogP contribution is 2.44. The van der Waals surface area contributed by atoms with Crippen LogP contribution in [-0.2, 0) is 14.6 Å². The third kappa shape index (κ3) is 2.86. The zero-order valence-electron chi connectivity index (χ0n) is 16.7. The first-order valence-corrected chi connectivity index (χ1v) is 11.1. The summed E-state index contributed by atoms with van der Waals surface area (Å²) in [6, 6.07) is 15.5. The van der Waals surface area contributed by atoms with Gasteiger partial charge in [0.15, 0.2) is 0 Å². The van der Waals surface area contributed by atoms with E-state index in [0.29, 0.717) is 4.90 Å². The lowest BCUT2D eigenvalue weighted by atomic mass is 10.1. The number of imide groups is 1. The largest absolute Gasteiger partial charge is 0.282 e. The molecule has 0 fully saturated rings. The van der Waals surface area contributed by atoms with E-state index in [1.165, 1.54) is 48.5 Å². The predicted octanol–water partition coefficient (Wildman–Crippen LogP) is 2.70. The topological polar surface area (TPSA) is 135 Å². The molecule has 0 atom stereocenters. The highest BCUT2D eigenvalue weighted by atomic mass is 32.2. The highest BCUT2D eigenvalue weighted by Gasteiger charge is 2.44. The van der Waals surface area contributed by atoms with Gasteiger partial charge in [-0.25, -0.2) is 8.42 Å². The summed E-state index contributed by atoms with van der Waals surface area (Å²) in [7, 11) is -3.89. The van der Waals surface area contributed by atoms with E-state index >= 15 is 0 Å². The molecule has 164 valence electrons. The van der Waals surface area contributed by atoms with E-state index in [1.54, 1.807) is 12.1 Å². The fourth-order valence-electron chi connectivity index (χ4n) is 4.07. The van der Waals surface area contributed by atoms with Gasteiger partial charge in [0, 0.05) is 6.07 Å². The van der Waals surface area contributed by atoms with Crippen molar-refractivity contribution >= 4 is 44.6 Å². The van der Waals surface area contributed by atoms with Crippen molar-refractivity contribution in [3.63, 3.8) is 0 Å². The van der Waals surface area contributed by atoms with Crippen molar-refractivity contribution in [2.75, 3.05) is 11.4 Å². The normalized spacial score (nSPS) is 15.6. The summed E-state index contributed by atoms with van der Waals surface area (Å²) >= 11 is 0. The number of benzene rings is 3. The molecule has 2 heterocycles. The van der Waals surface area contributed by atoms with Crippen LogP contribution in [0.5, 0.6) is 0 Å². The predicted molar refractivity (Wildman–Crippen MR) is 114 cm³/mol. The lowest BCUT2D eigenvalue weighted by Gasteiger charge is -2.32. The molecule has 0 spiro atoms. The first kappa shape index (κ1) is 20.5. The number of hydrogen-bond acceptors (Lipinski definition) is 7. The van der Waals surface area contributed by atoms with Gasteiger partial charge in [0.25, 0.3) is 23.4 Å². The number of rotatable bonds is 3. The second-order valence-corrected chi connectivity index (χ2v) is 9.21. The molecule has 0 radical (unpaired) electrons. The number of carbonyl (C=O) groups excluding carboxylic acids is 3. The van der Waals surface area contributed by atoms with Crippen LogP contribution in [0.4, 0.5) is 17.1 Å². The van der Waals surface area contributed by atoms with Crippen LogP contribution in [0.2, 0.25) is 0 Å². The van der Waals surface area contributed by atoms with Gasteiger partial charge in [-0.05, 0) is 30.3 Å². The SMILES string of the molecule is O=C1c2cccc([N+](=O)[O-])c2C(=O)N1CC(=O)N1c2ccccc2S(=O)(=O)c2ccccc21. The number of nitro groups is 1. The van der Waals surface area contributed by atoms with Gasteiger partial charge in [-0.2, -0.15) is 0 Å². The van der Waals surface area contributed by atoms with E-state index in [1.807, 2.05) is 0 Å². The Labute approximate surface area is 186 Å². The first-order valence-electron chi connectivity index (χ1n) is 9.63. The summed E-state index contributed by atoms with van der Waals surface area (Å²) in [6.45, 7) is -0.730. The van der Waals surface area contributed by atoms with Gasteiger partial charge in [-0.15, -0.1) is 0 Å². The second kappa shape index (κ2) is 7.07. The average molecular weight is 463 g/mol. The third-order valence-corrected chi connectivity index (χ3v) is 7.36. The molecule has 2 aliphatic rings. The van der Waals surface area contributed by atoms with E-state index in [4.69, 9.17) is 0 Å². The van der Waals surface area contributed by atoms with Gasteiger partial charge in [0.1, 0.15) is 12.1 Å². The number of amides is 3. The van der Waals surface area contributed by atoms with Gasteiger partial charge in [0.05, 0.1) is 31.7 Å². The lowest BCUT2D eigenvalue weighted by molar-refractivity contribution is -0.385. The van der Waals surface area contributed by atoms with E-state index < -0.39 is 44.7 Å². The molecule has 3 aromatic rings. The Morgan fingerprint density at radius 1 is 0.848 bits per heavy atom. The molecule has 5 rings (SSSR count). The average Bonchev–Trinajstić information content (AvgIpc) is 3.04. The Kier molecular flexibility index (Phi) is 4.40. The Morgan fingerprint density at radius 3 is 2.00 bits per heavy atom. The molecule has 3 aromatic carbocycles. The van der Waals surface area contributed by atoms with Crippen LogP contribution < -0.4 is 4.90 Å². The third-order valence-electron chi connectivity index (χ3n) is 5.51. The van der Waals surface area contributed by atoms with Crippen molar-refractivity contribution in [3.05, 3.63) is 88.0 Å². The van der Waals surface area contributed by atoms with E-state index in [0.717, 1.165) is 11.0 Å². The Hall–Kier alpha value is -4.38. The summed E-state index contributed by atoms with van der Waals surface area (Å²) < 4.78 is 26.1. The van der Waals surface area contributed by atoms with Crippen molar-refractivity contribution < 1.29 is 27.7 Å². The molecule has 0 bridgehead atoms. The highest BCUT2D eigenvalue weighted by molar-refractivity contribution is 7.92. The molecule has 11 heteroatoms. The first-order chi connectivity index (χ1) is 15.7. The lowest BCUT2D eigenvalue weighted by Crippen LogP contribution is -2.42. The number of fused-ring (bicyclic) bond motifs is 3. The van der Waals surface area contributed by atoms with Crippen LogP contribution >= 0.6 is 0 Å². The van der Waals surface area contributed by atoms with E-state index in [-0.39, 0.29) is 32.3 Å². The Morgan fingerprint density at radius 2 is 1.42 bits per heavy atom. The number of nitrogens with zero attached hydrogens (tertiary/aromatic N) is 3. The molecule has 0 unspecified atom stereocenters. The van der Waals surface area contributed by atoms with Crippen LogP contribution in [0.25, 0.3) is 0 Å². The van der Waals surface area contributed by atoms with Gasteiger partial charge < -0.3 is 0 Å². The molecule has 0 aliphatic carbocycles. The summed E-state index contributed by atoms with van der Waals surface area (Å²) in [5, 5.41) is 11.3. The van der Waals surface area contributed by atoms with Gasteiger partial charge in [-0.3, -0.25) is 34.3 Å². The van der Waals surface area contributed by atoms with Crippen LogP contribution in [0, 0.1) is 10.1 Å². The van der Waals surface area contributed by atoms with Crippen LogP contribution in [-0.4, -0.2) is 42.5 Å². The molecule has 3 amide bonds. The molecule has 33 heavy (non-hydrogen) atoms. The molecule has 2 aliphatic heterocycles. The van der Waals surface area contributed by atoms with E-state index in [9.17, 15) is 32.9 Å². The number of hydrogen-bond donors (Lipinski definition) is 0. The van der Waals surface area contributed by atoms with Gasteiger partial charge in [-0.1, -0.05) is 30.3 Å². The number of nitro benzene ring substituents is 1. The minimum absolute atomic E-state index is 0.0868. The summed E-state index contributed by atoms with van der Waals surface area (Å²) in [5.74, 6) is -2.54. The van der Waals surface area contributed by atoms with Gasteiger partial charge >= 0.3 is 0 Å². The summed E-state index contributed by atoms with van der Waals surface area (Å²) in [6.07, 6.45) is 0. The number of para-hydroxylation sites is 2. The standard InChI is InChI=1S/C22H13N3O7S/c26-19(12-23-21(27)13-6-5-9-16(25(29)30)20(13)22(23)28)24-14-7-1-3-10-17(14)33(31,32)18-11-4-2-8-15(18)24/h1-11H,12H2. The molecule has 0 aromatic heterocycles. The maximum Gasteiger partial charge on any atom is 0.282 e. The van der Waals surface area contributed by atoms with Gasteiger partial charge in [0.2, 0.25) is 9.84 Å². The van der Waals surface area contributed by atoms with Crippen LogP contribution in [0.15, 0.2) is 76.5 Å². The van der Waals surface area contributed by atoms with Crippen molar-refractivity contribution in [1.82, 2.24) is 4.90 Å². The molecule has 0 N–H and O–H groups in total. The maximum absolute atomic E-state index is 13.4. The van der Waals surface area contributed by atoms with Crippen LogP contribution in [0.3, 0.4) is 0 Å². The zero-order valence-corrected chi connectivity index (χ0v) is 17.5. The zero-order chi connectivity index (χ0) is 23.5. The van der Waals surface area contributed by atoms with Crippen molar-refractivity contribution in [3.8, 4) is 0 Å². The molecular weight excluding hydrogens is 450 g/mol. The minimum atomic E-state index is -3.89. The maximum atomic E-state index is 13.4. The van der Waals surface area contributed by atoms with Crippen molar-refractivity contribution in [2.45, 2.75) is 9.79 Å².